The predicted molar refractivity (Wildman–Crippen MR) is 111 cm³/mol. The summed E-state index contributed by atoms with van der Waals surface area (Å²) < 4.78 is 38.1. The molecule has 2 aromatic carbocycles. The Labute approximate surface area is 174 Å². The first-order chi connectivity index (χ1) is 14.4. The summed E-state index contributed by atoms with van der Waals surface area (Å²) in [6.07, 6.45) is 1.52. The summed E-state index contributed by atoms with van der Waals surface area (Å²) in [6.45, 7) is 0.354. The van der Waals surface area contributed by atoms with Crippen LogP contribution in [-0.4, -0.2) is 31.2 Å². The molecule has 10 nitrogen and oxygen atoms in total. The van der Waals surface area contributed by atoms with Crippen LogP contribution in [0.2, 0.25) is 5.02 Å². The van der Waals surface area contributed by atoms with Gasteiger partial charge in [-0.2, -0.15) is 0 Å². The fourth-order valence-corrected chi connectivity index (χ4v) is 4.56. The van der Waals surface area contributed by atoms with Crippen molar-refractivity contribution in [3.05, 3.63) is 59.3 Å². The Kier molecular flexibility index (Phi) is 4.15. The Morgan fingerprint density at radius 1 is 1.10 bits per heavy atom. The van der Waals surface area contributed by atoms with Crippen molar-refractivity contribution in [3.8, 4) is 0 Å². The molecule has 0 spiro atoms. The lowest BCUT2D eigenvalue weighted by Crippen LogP contribution is -2.39. The normalized spacial score (nSPS) is 13.9. The van der Waals surface area contributed by atoms with Crippen LogP contribution in [0.3, 0.4) is 0 Å². The average molecular weight is 445 g/mol. The van der Waals surface area contributed by atoms with E-state index >= 15 is 0 Å². The van der Waals surface area contributed by atoms with Crippen molar-refractivity contribution in [3.63, 3.8) is 0 Å². The zero-order valence-corrected chi connectivity index (χ0v) is 16.7. The van der Waals surface area contributed by atoms with E-state index in [4.69, 9.17) is 21.4 Å². The maximum atomic E-state index is 12.8. The molecule has 0 unspecified atom stereocenters. The Hall–Kier alpha value is -3.57. The third-order valence-electron chi connectivity index (χ3n) is 4.64. The van der Waals surface area contributed by atoms with Crippen molar-refractivity contribution in [2.45, 2.75) is 4.90 Å². The molecule has 0 atom stereocenters. The lowest BCUT2D eigenvalue weighted by atomic mass is 10.2. The number of furan rings is 1. The predicted octanol–water partition coefficient (Wildman–Crippen LogP) is 3.48. The minimum atomic E-state index is -3.96. The summed E-state index contributed by atoms with van der Waals surface area (Å²) in [6, 6.07) is 11.1. The zero-order valence-electron chi connectivity index (χ0n) is 15.1. The van der Waals surface area contributed by atoms with Crippen LogP contribution in [0.4, 0.5) is 17.3 Å². The lowest BCUT2D eigenvalue weighted by molar-refractivity contribution is 0.315. The molecule has 0 aliphatic carbocycles. The Morgan fingerprint density at radius 2 is 1.87 bits per heavy atom. The molecular weight excluding hydrogens is 432 g/mol. The van der Waals surface area contributed by atoms with Crippen molar-refractivity contribution in [1.29, 1.82) is 5.41 Å². The van der Waals surface area contributed by atoms with Gasteiger partial charge in [-0.25, -0.2) is 13.0 Å². The second-order valence-corrected chi connectivity index (χ2v) is 8.49. The lowest BCUT2D eigenvalue weighted by Gasteiger charge is -2.29. The van der Waals surface area contributed by atoms with Crippen LogP contribution in [0.15, 0.2) is 62.7 Å². The summed E-state index contributed by atoms with van der Waals surface area (Å²) in [7, 11) is -3.96. The van der Waals surface area contributed by atoms with Crippen LogP contribution in [-0.2, 0) is 10.0 Å². The number of rotatable bonds is 4. The molecule has 0 bridgehead atoms. The topological polar surface area (TPSA) is 137 Å². The molecule has 0 fully saturated rings. The number of nitrogens with one attached hydrogen (secondary N) is 3. The summed E-state index contributed by atoms with van der Waals surface area (Å²) in [5.41, 5.74) is 1.94. The molecular formula is C18H13ClN6O4S. The van der Waals surface area contributed by atoms with E-state index in [1.165, 1.54) is 18.4 Å². The van der Waals surface area contributed by atoms with Gasteiger partial charge >= 0.3 is 0 Å². The maximum absolute atomic E-state index is 12.8. The van der Waals surface area contributed by atoms with E-state index in [1.807, 2.05) is 0 Å². The van der Waals surface area contributed by atoms with Crippen LogP contribution in [0.1, 0.15) is 5.56 Å². The molecule has 30 heavy (non-hydrogen) atoms. The van der Waals surface area contributed by atoms with Crippen LogP contribution in [0.5, 0.6) is 0 Å². The van der Waals surface area contributed by atoms with Crippen LogP contribution in [0.25, 0.3) is 11.0 Å². The summed E-state index contributed by atoms with van der Waals surface area (Å²) in [4.78, 5) is 1.64. The number of anilines is 3. The number of amidine groups is 1. The summed E-state index contributed by atoms with van der Waals surface area (Å²) in [5.74, 6) is 0.838. The van der Waals surface area contributed by atoms with Gasteiger partial charge in [0, 0.05) is 11.4 Å². The standard InChI is InChI=1S/C18H13ClN6O4S/c19-13-5-6-14(16-15(13)22-29-23-16)30(26,27)24-10-1-3-11(4-2-10)25-9-21-18-12(17(25)20)7-8-28-18/h1-8,20-21,24H,9H2. The fraction of sp³-hybridized carbons (Fsp3) is 0.0556. The van der Waals surface area contributed by atoms with Gasteiger partial charge in [-0.05, 0) is 52.8 Å². The van der Waals surface area contributed by atoms with E-state index in [1.54, 1.807) is 35.2 Å². The third-order valence-corrected chi connectivity index (χ3v) is 6.36. The molecule has 0 amide bonds. The number of aromatic nitrogens is 2. The van der Waals surface area contributed by atoms with Crippen molar-refractivity contribution < 1.29 is 17.5 Å². The highest BCUT2D eigenvalue weighted by atomic mass is 35.5. The molecule has 2 aromatic heterocycles. The van der Waals surface area contributed by atoms with Gasteiger partial charge in [0.2, 0.25) is 5.88 Å². The third kappa shape index (κ3) is 2.95. The van der Waals surface area contributed by atoms with Crippen molar-refractivity contribution >= 4 is 55.8 Å². The van der Waals surface area contributed by atoms with Gasteiger partial charge in [-0.15, -0.1) is 0 Å². The fourth-order valence-electron chi connectivity index (χ4n) is 3.18. The van der Waals surface area contributed by atoms with E-state index in [9.17, 15) is 8.42 Å². The Balaban J connectivity index is 1.40. The van der Waals surface area contributed by atoms with Gasteiger partial charge in [0.15, 0.2) is 11.0 Å². The number of sulfonamides is 1. The van der Waals surface area contributed by atoms with Crippen LogP contribution >= 0.6 is 11.6 Å². The number of hydrogen-bond donors (Lipinski definition) is 3. The molecule has 12 heteroatoms. The highest BCUT2D eigenvalue weighted by molar-refractivity contribution is 7.93. The molecule has 1 aliphatic heterocycles. The molecule has 3 N–H and O–H groups in total. The zero-order chi connectivity index (χ0) is 20.9. The molecule has 1 aliphatic rings. The van der Waals surface area contributed by atoms with Gasteiger partial charge in [-0.1, -0.05) is 11.6 Å². The van der Waals surface area contributed by atoms with Crippen LogP contribution in [0, 0.1) is 5.41 Å². The van der Waals surface area contributed by atoms with Crippen LogP contribution < -0.4 is 14.9 Å². The second-order valence-electron chi connectivity index (χ2n) is 6.43. The molecule has 0 saturated carbocycles. The largest absolute Gasteiger partial charge is 0.448 e. The Bertz CT molecular complexity index is 1380. The molecule has 0 saturated heterocycles. The Morgan fingerprint density at radius 3 is 2.67 bits per heavy atom. The molecule has 3 heterocycles. The molecule has 152 valence electrons. The number of halogens is 1. The molecule has 4 aromatic rings. The SMILES string of the molecule is N=C1c2ccoc2NCN1c1ccc(NS(=O)(=O)c2ccc(Cl)c3nonc23)cc1. The van der Waals surface area contributed by atoms with Gasteiger partial charge in [0.1, 0.15) is 10.7 Å². The first-order valence-corrected chi connectivity index (χ1v) is 10.5. The van der Waals surface area contributed by atoms with Crippen molar-refractivity contribution in [2.24, 2.45) is 0 Å². The average Bonchev–Trinajstić information content (AvgIpc) is 3.39. The number of nitrogens with zero attached hydrogens (tertiary/aromatic N) is 3. The van der Waals surface area contributed by atoms with Crippen molar-refractivity contribution in [1.82, 2.24) is 10.3 Å². The van der Waals surface area contributed by atoms with E-state index in [0.29, 0.717) is 23.8 Å². The minimum absolute atomic E-state index is 0.0513. The number of fused-ring (bicyclic) bond motifs is 2. The molecule has 0 radical (unpaired) electrons. The second kappa shape index (κ2) is 6.75. The number of hydrogen-bond acceptors (Lipinski definition) is 8. The summed E-state index contributed by atoms with van der Waals surface area (Å²) in [5, 5.41) is 19.0. The monoisotopic (exact) mass is 444 g/mol. The van der Waals surface area contributed by atoms with E-state index in [2.05, 4.69) is 25.0 Å². The van der Waals surface area contributed by atoms with Gasteiger partial charge < -0.3 is 14.6 Å². The van der Waals surface area contributed by atoms with Gasteiger partial charge in [0.05, 0.1) is 23.5 Å². The van der Waals surface area contributed by atoms with Gasteiger partial charge in [-0.3, -0.25) is 10.1 Å². The van der Waals surface area contributed by atoms with Crippen molar-refractivity contribution in [2.75, 3.05) is 21.6 Å². The maximum Gasteiger partial charge on any atom is 0.264 e. The van der Waals surface area contributed by atoms with E-state index in [-0.39, 0.29) is 26.8 Å². The summed E-state index contributed by atoms with van der Waals surface area (Å²) >= 11 is 6.00. The van der Waals surface area contributed by atoms with E-state index < -0.39 is 10.0 Å². The highest BCUT2D eigenvalue weighted by Crippen LogP contribution is 2.30. The first-order valence-electron chi connectivity index (χ1n) is 8.65. The number of benzene rings is 2. The van der Waals surface area contributed by atoms with E-state index in [0.717, 1.165) is 5.69 Å². The molecule has 5 rings (SSSR count). The highest BCUT2D eigenvalue weighted by Gasteiger charge is 2.25. The quantitative estimate of drug-likeness (QED) is 0.435. The smallest absolute Gasteiger partial charge is 0.264 e. The van der Waals surface area contributed by atoms with Gasteiger partial charge in [0.25, 0.3) is 10.0 Å². The minimum Gasteiger partial charge on any atom is -0.448 e. The first kappa shape index (κ1) is 18.5.